The highest BCUT2D eigenvalue weighted by atomic mass is 32.2. The Labute approximate surface area is 146 Å². The molecular weight excluding hydrogens is 324 g/mol. The molecule has 0 bridgehead atoms. The van der Waals surface area contributed by atoms with Gasteiger partial charge < -0.3 is 0 Å². The van der Waals surface area contributed by atoms with Crippen LogP contribution in [-0.2, 0) is 0 Å². The molecule has 2 aliphatic carbocycles. The van der Waals surface area contributed by atoms with Crippen LogP contribution < -0.4 is 0 Å². The third-order valence-corrected chi connectivity index (χ3v) is 6.45. The van der Waals surface area contributed by atoms with Crippen molar-refractivity contribution in [1.82, 2.24) is 0 Å². The quantitative estimate of drug-likeness (QED) is 0.273. The molecule has 2 aliphatic rings. The topological polar surface area (TPSA) is 66.4 Å². The van der Waals surface area contributed by atoms with Gasteiger partial charge in [0.1, 0.15) is 0 Å². The van der Waals surface area contributed by atoms with Crippen LogP contribution in [0.3, 0.4) is 0 Å². The molecular formula is C18H25N2O3S+. The summed E-state index contributed by atoms with van der Waals surface area (Å²) < 4.78 is 1.29. The van der Waals surface area contributed by atoms with Gasteiger partial charge in [0.25, 0.3) is 5.69 Å². The Hall–Kier alpha value is -1.56. The Morgan fingerprint density at radius 3 is 2.42 bits per heavy atom. The molecule has 3 rings (SSSR count). The summed E-state index contributed by atoms with van der Waals surface area (Å²) in [6, 6.07) is 5.12. The number of thioether (sulfide) groups is 1. The van der Waals surface area contributed by atoms with E-state index < -0.39 is 0 Å². The lowest BCUT2D eigenvalue weighted by Crippen LogP contribution is -2.27. The third kappa shape index (κ3) is 4.29. The second-order valence-electron chi connectivity index (χ2n) is 6.80. The van der Waals surface area contributed by atoms with Crippen LogP contribution in [0.15, 0.2) is 23.1 Å². The number of non-ortho nitro benzene ring substituents is 1. The third-order valence-electron chi connectivity index (χ3n) is 5.02. The van der Waals surface area contributed by atoms with Gasteiger partial charge in [-0.25, -0.2) is 0 Å². The second-order valence-corrected chi connectivity index (χ2v) is 8.15. The van der Waals surface area contributed by atoms with E-state index in [1.807, 2.05) is 6.07 Å². The molecule has 0 saturated heterocycles. The lowest BCUT2D eigenvalue weighted by molar-refractivity contribution is -0.797. The summed E-state index contributed by atoms with van der Waals surface area (Å²) in [7, 11) is 0. The molecule has 0 aromatic heterocycles. The van der Waals surface area contributed by atoms with Crippen LogP contribution in [0, 0.1) is 10.1 Å². The number of nitro benzene ring substituents is 1. The van der Waals surface area contributed by atoms with Crippen molar-refractivity contribution in [3.05, 3.63) is 33.9 Å². The lowest BCUT2D eigenvalue weighted by atomic mass is 9.96. The smallest absolute Gasteiger partial charge is 0.270 e. The molecule has 130 valence electrons. The van der Waals surface area contributed by atoms with E-state index in [2.05, 4.69) is 0 Å². The van der Waals surface area contributed by atoms with Crippen molar-refractivity contribution in [2.24, 2.45) is 0 Å². The summed E-state index contributed by atoms with van der Waals surface area (Å²) in [6.07, 6.45) is 12.1. The molecule has 1 N–H and O–H groups in total. The predicted molar refractivity (Wildman–Crippen MR) is 95.3 cm³/mol. The van der Waals surface area contributed by atoms with Crippen molar-refractivity contribution in [2.75, 3.05) is 0 Å². The van der Waals surface area contributed by atoms with Gasteiger partial charge in [0.05, 0.1) is 10.5 Å². The Morgan fingerprint density at radius 1 is 1.08 bits per heavy atom. The van der Waals surface area contributed by atoms with E-state index in [0.29, 0.717) is 5.25 Å². The summed E-state index contributed by atoms with van der Waals surface area (Å²) in [5, 5.41) is 22.1. The van der Waals surface area contributed by atoms with E-state index in [-0.39, 0.29) is 16.7 Å². The Balaban J connectivity index is 1.86. The molecule has 0 heterocycles. The first kappa shape index (κ1) is 17.3. The van der Waals surface area contributed by atoms with Crippen molar-refractivity contribution in [3.8, 4) is 0 Å². The van der Waals surface area contributed by atoms with Gasteiger partial charge in [-0.1, -0.05) is 19.3 Å². The van der Waals surface area contributed by atoms with E-state index in [9.17, 15) is 15.3 Å². The van der Waals surface area contributed by atoms with E-state index in [1.165, 1.54) is 36.8 Å². The largest absolute Gasteiger partial charge is 0.291 e. The molecule has 0 spiro atoms. The molecule has 0 unspecified atom stereocenters. The van der Waals surface area contributed by atoms with Crippen LogP contribution in [0.1, 0.15) is 63.4 Å². The lowest BCUT2D eigenvalue weighted by Gasteiger charge is -2.15. The van der Waals surface area contributed by atoms with Gasteiger partial charge in [0, 0.05) is 35.1 Å². The summed E-state index contributed by atoms with van der Waals surface area (Å²) in [6.45, 7) is 0. The Kier molecular flexibility index (Phi) is 5.76. The van der Waals surface area contributed by atoms with Crippen molar-refractivity contribution in [2.45, 2.75) is 74.0 Å². The fraction of sp³-hybridized carbons (Fsp3) is 0.611. The number of rotatable bonds is 5. The average Bonchev–Trinajstić information content (AvgIpc) is 3.10. The maximum atomic E-state index is 11.1. The first-order valence-electron chi connectivity index (χ1n) is 8.90. The minimum Gasteiger partial charge on any atom is -0.291 e. The number of hydrogen-bond donors (Lipinski definition) is 1. The van der Waals surface area contributed by atoms with E-state index in [1.54, 1.807) is 30.1 Å². The van der Waals surface area contributed by atoms with Crippen LogP contribution >= 0.6 is 11.8 Å². The molecule has 2 saturated carbocycles. The SMILES string of the molecule is O=[N+]([O-])c1ccc(SC2CCCC2)c(C=[N+](O)C2CCCCC2)c1. The van der Waals surface area contributed by atoms with Gasteiger partial charge in [-0.05, 0) is 36.5 Å². The van der Waals surface area contributed by atoms with Gasteiger partial charge in [0.2, 0.25) is 12.3 Å². The summed E-state index contributed by atoms with van der Waals surface area (Å²) in [5.41, 5.74) is 0.836. The minimum absolute atomic E-state index is 0.0778. The minimum atomic E-state index is -0.371. The van der Waals surface area contributed by atoms with Crippen molar-refractivity contribution < 1.29 is 14.9 Å². The van der Waals surface area contributed by atoms with Crippen LogP contribution in [0.2, 0.25) is 0 Å². The van der Waals surface area contributed by atoms with E-state index in [0.717, 1.165) is 36.1 Å². The van der Waals surface area contributed by atoms with Gasteiger partial charge >= 0.3 is 0 Å². The number of hydrogen-bond acceptors (Lipinski definition) is 4. The zero-order valence-electron chi connectivity index (χ0n) is 13.9. The molecule has 5 nitrogen and oxygen atoms in total. The fourth-order valence-electron chi connectivity index (χ4n) is 3.64. The Morgan fingerprint density at radius 2 is 1.75 bits per heavy atom. The fourth-order valence-corrected chi connectivity index (χ4v) is 4.96. The van der Waals surface area contributed by atoms with E-state index in [4.69, 9.17) is 0 Å². The van der Waals surface area contributed by atoms with Gasteiger partial charge in [-0.2, -0.15) is 0 Å². The monoisotopic (exact) mass is 349 g/mol. The van der Waals surface area contributed by atoms with E-state index >= 15 is 0 Å². The zero-order valence-corrected chi connectivity index (χ0v) is 14.7. The maximum Gasteiger partial charge on any atom is 0.270 e. The van der Waals surface area contributed by atoms with Crippen molar-refractivity contribution in [3.63, 3.8) is 0 Å². The first-order valence-corrected chi connectivity index (χ1v) is 9.78. The molecule has 0 atom stereocenters. The van der Waals surface area contributed by atoms with Crippen LogP contribution in [0.4, 0.5) is 5.69 Å². The maximum absolute atomic E-state index is 11.1. The standard InChI is InChI=1S/C18H25N2O3S/c21-19(15-6-2-1-3-7-15)13-14-12-16(20(22)23)10-11-18(14)24-17-8-4-5-9-17/h10-13,15,17,21H,1-9H2/q+1. The molecule has 24 heavy (non-hydrogen) atoms. The molecule has 2 fully saturated rings. The number of nitrogens with zero attached hydrogens (tertiary/aromatic N) is 2. The molecule has 0 radical (unpaired) electrons. The molecule has 0 aliphatic heterocycles. The number of benzene rings is 1. The highest BCUT2D eigenvalue weighted by molar-refractivity contribution is 8.00. The van der Waals surface area contributed by atoms with Crippen LogP contribution in [0.5, 0.6) is 0 Å². The number of hydroxylamine groups is 1. The summed E-state index contributed by atoms with van der Waals surface area (Å²) >= 11 is 1.80. The van der Waals surface area contributed by atoms with Gasteiger partial charge in [-0.3, -0.25) is 15.3 Å². The molecule has 1 aromatic carbocycles. The zero-order chi connectivity index (χ0) is 16.9. The van der Waals surface area contributed by atoms with Crippen LogP contribution in [-0.4, -0.2) is 32.4 Å². The molecule has 0 amide bonds. The average molecular weight is 349 g/mol. The molecule has 1 aromatic rings. The first-order chi connectivity index (χ1) is 11.6. The highest BCUT2D eigenvalue weighted by Gasteiger charge is 2.25. The molecule has 6 heteroatoms. The normalized spacial score (nSPS) is 20.4. The second kappa shape index (κ2) is 8.01. The highest BCUT2D eigenvalue weighted by Crippen LogP contribution is 2.37. The van der Waals surface area contributed by atoms with Gasteiger partial charge in [0.15, 0.2) is 0 Å². The van der Waals surface area contributed by atoms with Crippen LogP contribution in [0.25, 0.3) is 0 Å². The number of nitro groups is 1. The van der Waals surface area contributed by atoms with Gasteiger partial charge in [-0.15, -0.1) is 11.8 Å². The summed E-state index contributed by atoms with van der Waals surface area (Å²) in [4.78, 5) is 11.8. The summed E-state index contributed by atoms with van der Waals surface area (Å²) in [5.74, 6) is 0. The predicted octanol–water partition coefficient (Wildman–Crippen LogP) is 4.78. The Bertz CT molecular complexity index is 621. The van der Waals surface area contributed by atoms with Crippen molar-refractivity contribution >= 4 is 23.7 Å². The van der Waals surface area contributed by atoms with Crippen molar-refractivity contribution in [1.29, 1.82) is 0 Å².